The van der Waals surface area contributed by atoms with Gasteiger partial charge in [0.2, 0.25) is 5.91 Å². The maximum absolute atomic E-state index is 12.9. The molecule has 0 spiro atoms. The van der Waals surface area contributed by atoms with Crippen molar-refractivity contribution in [2.45, 2.75) is 37.5 Å². The molecule has 0 saturated carbocycles. The molecule has 3 aromatic rings. The number of carbonyl (C=O) groups is 1. The number of benzene rings is 3. The molecule has 0 aliphatic rings. The SMILES string of the molecule is CNC(=O)C(N[C@H](CCc1ccc(C(F)(F)F)cc1)c1cccc(OC(F)(F)F)c1)c1ccccc1.Cl. The Morgan fingerprint density at radius 2 is 1.49 bits per heavy atom. The van der Waals surface area contributed by atoms with Crippen molar-refractivity contribution < 1.29 is 35.9 Å². The normalized spacial score (nSPS) is 13.3. The van der Waals surface area contributed by atoms with Crippen LogP contribution in [0.1, 0.15) is 40.8 Å². The summed E-state index contributed by atoms with van der Waals surface area (Å²) in [6, 6.07) is 17.4. The summed E-state index contributed by atoms with van der Waals surface area (Å²) in [6.07, 6.45) is -8.76. The third kappa shape index (κ3) is 8.98. The largest absolute Gasteiger partial charge is 0.573 e. The maximum Gasteiger partial charge on any atom is 0.573 e. The lowest BCUT2D eigenvalue weighted by atomic mass is 9.96. The molecule has 1 amide bonds. The molecule has 0 saturated heterocycles. The summed E-state index contributed by atoms with van der Waals surface area (Å²) in [5.41, 5.74) is 0.892. The van der Waals surface area contributed by atoms with E-state index in [0.29, 0.717) is 23.1 Å². The Morgan fingerprint density at radius 1 is 0.865 bits per heavy atom. The number of carbonyl (C=O) groups excluding carboxylic acids is 1. The van der Waals surface area contributed by atoms with Gasteiger partial charge in [-0.1, -0.05) is 54.6 Å². The summed E-state index contributed by atoms with van der Waals surface area (Å²) in [7, 11) is 1.47. The van der Waals surface area contributed by atoms with Crippen LogP contribution < -0.4 is 15.4 Å². The molecule has 1 unspecified atom stereocenters. The fourth-order valence-electron chi connectivity index (χ4n) is 3.76. The van der Waals surface area contributed by atoms with Crippen molar-refractivity contribution in [3.63, 3.8) is 0 Å². The van der Waals surface area contributed by atoms with E-state index in [9.17, 15) is 31.1 Å². The minimum atomic E-state index is -4.88. The molecule has 37 heavy (non-hydrogen) atoms. The number of amides is 1. The number of aryl methyl sites for hydroxylation is 1. The number of rotatable bonds is 9. The van der Waals surface area contributed by atoms with Gasteiger partial charge < -0.3 is 10.1 Å². The highest BCUT2D eigenvalue weighted by atomic mass is 35.5. The Morgan fingerprint density at radius 3 is 2.05 bits per heavy atom. The Kier molecular flexibility index (Phi) is 10.4. The van der Waals surface area contributed by atoms with Gasteiger partial charge >= 0.3 is 12.5 Å². The lowest BCUT2D eigenvalue weighted by Gasteiger charge is -2.26. The molecule has 0 fully saturated rings. The molecule has 0 radical (unpaired) electrons. The summed E-state index contributed by atoms with van der Waals surface area (Å²) >= 11 is 0. The van der Waals surface area contributed by atoms with Gasteiger partial charge in [0.1, 0.15) is 11.8 Å². The molecule has 200 valence electrons. The van der Waals surface area contributed by atoms with Gasteiger partial charge in [-0.25, -0.2) is 0 Å². The van der Waals surface area contributed by atoms with Crippen molar-refractivity contribution in [2.24, 2.45) is 0 Å². The van der Waals surface area contributed by atoms with Gasteiger partial charge in [-0.2, -0.15) is 13.2 Å². The van der Waals surface area contributed by atoms with Crippen molar-refractivity contribution in [3.05, 3.63) is 101 Å². The average molecular weight is 547 g/mol. The Labute approximate surface area is 216 Å². The third-order valence-electron chi connectivity index (χ3n) is 5.51. The zero-order valence-electron chi connectivity index (χ0n) is 19.6. The Balaban J connectivity index is 0.00000481. The van der Waals surface area contributed by atoms with Crippen LogP contribution in [0.5, 0.6) is 5.75 Å². The van der Waals surface area contributed by atoms with Crippen molar-refractivity contribution in [1.82, 2.24) is 10.6 Å². The standard InChI is InChI=1S/C26H24F6N2O2.ClH/c1-33-24(35)23(18-6-3-2-4-7-18)34-22(19-8-5-9-21(16-19)36-26(30,31)32)15-12-17-10-13-20(14-11-17)25(27,28)29;/h2-11,13-14,16,22-23,34H,12,15H2,1H3,(H,33,35);1H/t22-,23?;/m1./s1. The number of ether oxygens (including phenoxy) is 1. The van der Waals surface area contributed by atoms with Crippen molar-refractivity contribution in [3.8, 4) is 5.75 Å². The molecule has 0 aliphatic heterocycles. The van der Waals surface area contributed by atoms with Crippen LogP contribution in [-0.4, -0.2) is 19.3 Å². The van der Waals surface area contributed by atoms with E-state index < -0.39 is 35.9 Å². The van der Waals surface area contributed by atoms with E-state index in [-0.39, 0.29) is 24.7 Å². The summed E-state index contributed by atoms with van der Waals surface area (Å²) < 4.78 is 81.0. The minimum absolute atomic E-state index is 0. The fraction of sp³-hybridized carbons (Fsp3) is 0.269. The Bertz CT molecular complexity index is 1140. The molecule has 2 N–H and O–H groups in total. The highest BCUT2D eigenvalue weighted by molar-refractivity contribution is 5.85. The fourth-order valence-corrected chi connectivity index (χ4v) is 3.76. The van der Waals surface area contributed by atoms with Crippen LogP contribution in [-0.2, 0) is 17.4 Å². The van der Waals surface area contributed by atoms with E-state index in [1.54, 1.807) is 36.4 Å². The van der Waals surface area contributed by atoms with Crippen LogP contribution in [0.15, 0.2) is 78.9 Å². The van der Waals surface area contributed by atoms with Gasteiger partial charge in [-0.3, -0.25) is 10.1 Å². The molecule has 4 nitrogen and oxygen atoms in total. The zero-order chi connectivity index (χ0) is 26.3. The van der Waals surface area contributed by atoms with Gasteiger partial charge in [0.15, 0.2) is 0 Å². The van der Waals surface area contributed by atoms with Crippen molar-refractivity contribution >= 4 is 18.3 Å². The molecule has 2 atom stereocenters. The molecule has 3 rings (SSSR count). The van der Waals surface area contributed by atoms with Crippen LogP contribution in [0.3, 0.4) is 0 Å². The predicted molar refractivity (Wildman–Crippen MR) is 129 cm³/mol. The highest BCUT2D eigenvalue weighted by Crippen LogP contribution is 2.31. The maximum atomic E-state index is 12.9. The third-order valence-corrected chi connectivity index (χ3v) is 5.51. The molecule has 0 heterocycles. The van der Waals surface area contributed by atoms with Crippen LogP contribution in [0.4, 0.5) is 26.3 Å². The molecular formula is C26H25ClF6N2O2. The van der Waals surface area contributed by atoms with E-state index in [1.807, 2.05) is 0 Å². The number of nitrogens with one attached hydrogen (secondary N) is 2. The first-order valence-corrected chi connectivity index (χ1v) is 11.0. The first-order valence-electron chi connectivity index (χ1n) is 11.0. The molecule has 0 bridgehead atoms. The van der Waals surface area contributed by atoms with Gasteiger partial charge in [0.25, 0.3) is 0 Å². The summed E-state index contributed by atoms with van der Waals surface area (Å²) in [5, 5.41) is 5.78. The number of hydrogen-bond donors (Lipinski definition) is 2. The van der Waals surface area contributed by atoms with Crippen molar-refractivity contribution in [2.75, 3.05) is 7.05 Å². The van der Waals surface area contributed by atoms with Gasteiger partial charge in [-0.05, 0) is 53.8 Å². The highest BCUT2D eigenvalue weighted by Gasteiger charge is 2.32. The van der Waals surface area contributed by atoms with Crippen LogP contribution in [0, 0.1) is 0 Å². The van der Waals surface area contributed by atoms with Crippen LogP contribution >= 0.6 is 12.4 Å². The second-order valence-corrected chi connectivity index (χ2v) is 8.03. The molecule has 11 heteroatoms. The first-order chi connectivity index (χ1) is 17.0. The number of likely N-dealkylation sites (N-methyl/N-ethyl adjacent to an activating group) is 1. The average Bonchev–Trinajstić information content (AvgIpc) is 2.83. The Hall–Kier alpha value is -3.24. The summed E-state index contributed by atoms with van der Waals surface area (Å²) in [4.78, 5) is 12.7. The quantitative estimate of drug-likeness (QED) is 0.291. The lowest BCUT2D eigenvalue weighted by molar-refractivity contribution is -0.274. The second-order valence-electron chi connectivity index (χ2n) is 8.03. The van der Waals surface area contributed by atoms with Crippen LogP contribution in [0.25, 0.3) is 0 Å². The number of alkyl halides is 6. The first kappa shape index (κ1) is 30.0. The number of hydrogen-bond acceptors (Lipinski definition) is 3. The van der Waals surface area contributed by atoms with Crippen molar-refractivity contribution in [1.29, 1.82) is 0 Å². The van der Waals surface area contributed by atoms with E-state index >= 15 is 0 Å². The lowest BCUT2D eigenvalue weighted by Crippen LogP contribution is -2.38. The van der Waals surface area contributed by atoms with E-state index in [0.717, 1.165) is 18.2 Å². The van der Waals surface area contributed by atoms with E-state index in [1.165, 1.54) is 31.3 Å². The summed E-state index contributed by atoms with van der Waals surface area (Å²) in [5.74, 6) is -0.777. The second kappa shape index (κ2) is 12.8. The van der Waals surface area contributed by atoms with Gasteiger partial charge in [-0.15, -0.1) is 25.6 Å². The molecule has 0 aromatic heterocycles. The van der Waals surface area contributed by atoms with E-state index in [4.69, 9.17) is 0 Å². The van der Waals surface area contributed by atoms with E-state index in [2.05, 4.69) is 15.4 Å². The van der Waals surface area contributed by atoms with Gasteiger partial charge in [0.05, 0.1) is 5.56 Å². The van der Waals surface area contributed by atoms with Gasteiger partial charge in [0, 0.05) is 13.1 Å². The number of halogens is 7. The summed E-state index contributed by atoms with van der Waals surface area (Å²) in [6.45, 7) is 0. The molecular weight excluding hydrogens is 522 g/mol. The topological polar surface area (TPSA) is 50.4 Å². The minimum Gasteiger partial charge on any atom is -0.406 e. The molecule has 0 aliphatic carbocycles. The smallest absolute Gasteiger partial charge is 0.406 e. The van der Waals surface area contributed by atoms with Crippen LogP contribution in [0.2, 0.25) is 0 Å². The molecule has 3 aromatic carbocycles. The predicted octanol–water partition coefficient (Wildman–Crippen LogP) is 6.78. The monoisotopic (exact) mass is 546 g/mol. The zero-order valence-corrected chi connectivity index (χ0v) is 20.4.